The second-order valence-corrected chi connectivity index (χ2v) is 5.76. The first-order chi connectivity index (χ1) is 8.61. The molecule has 4 heteroatoms. The average Bonchev–Trinajstić information content (AvgIpc) is 2.37. The highest BCUT2D eigenvalue weighted by Gasteiger charge is 2.21. The third-order valence-corrected chi connectivity index (χ3v) is 3.85. The van der Waals surface area contributed by atoms with Crippen molar-refractivity contribution in [3.8, 4) is 0 Å². The van der Waals surface area contributed by atoms with Crippen molar-refractivity contribution in [2.45, 2.75) is 19.8 Å². The lowest BCUT2D eigenvalue weighted by Crippen LogP contribution is -2.35. The molecule has 1 aromatic rings. The van der Waals surface area contributed by atoms with E-state index in [1.807, 2.05) is 18.2 Å². The van der Waals surface area contributed by atoms with Crippen LogP contribution in [0.4, 0.5) is 5.69 Å². The van der Waals surface area contributed by atoms with Crippen LogP contribution in [0.1, 0.15) is 30.1 Å². The van der Waals surface area contributed by atoms with Crippen molar-refractivity contribution in [3.05, 3.63) is 28.2 Å². The van der Waals surface area contributed by atoms with E-state index < -0.39 is 0 Å². The average molecular weight is 312 g/mol. The Morgan fingerprint density at radius 1 is 1.50 bits per heavy atom. The number of benzene rings is 1. The van der Waals surface area contributed by atoms with Gasteiger partial charge in [-0.2, -0.15) is 0 Å². The highest BCUT2D eigenvalue weighted by atomic mass is 79.9. The number of anilines is 1. The fraction of sp³-hybridized carbons (Fsp3) is 0.500. The van der Waals surface area contributed by atoms with Gasteiger partial charge >= 0.3 is 5.97 Å². The molecule has 1 fully saturated rings. The molecule has 1 aromatic carbocycles. The fourth-order valence-corrected chi connectivity index (χ4v) is 2.83. The molecule has 0 saturated carbocycles. The molecule has 1 atom stereocenters. The number of carbonyl (C=O) groups is 1. The lowest BCUT2D eigenvalue weighted by atomic mass is 9.99. The number of methoxy groups -OCH3 is 1. The van der Waals surface area contributed by atoms with Crippen molar-refractivity contribution in [3.63, 3.8) is 0 Å². The van der Waals surface area contributed by atoms with Gasteiger partial charge in [0.25, 0.3) is 0 Å². The Hall–Kier alpha value is -1.03. The quantitative estimate of drug-likeness (QED) is 0.783. The molecule has 1 saturated heterocycles. The minimum atomic E-state index is -0.274. The van der Waals surface area contributed by atoms with Crippen LogP contribution in [0.3, 0.4) is 0 Å². The van der Waals surface area contributed by atoms with Crippen LogP contribution < -0.4 is 4.90 Å². The topological polar surface area (TPSA) is 29.5 Å². The number of piperidine rings is 1. The number of carbonyl (C=O) groups excluding carboxylic acids is 1. The fourth-order valence-electron chi connectivity index (χ4n) is 2.47. The molecule has 0 bridgehead atoms. The molecule has 0 aromatic heterocycles. The number of hydrogen-bond donors (Lipinski definition) is 0. The Bertz CT molecular complexity index is 447. The molecule has 3 nitrogen and oxygen atoms in total. The second-order valence-electron chi connectivity index (χ2n) is 4.85. The van der Waals surface area contributed by atoms with Crippen molar-refractivity contribution in [2.75, 3.05) is 25.1 Å². The summed E-state index contributed by atoms with van der Waals surface area (Å²) in [5.74, 6) is 0.400. The summed E-state index contributed by atoms with van der Waals surface area (Å²) in [4.78, 5) is 14.1. The van der Waals surface area contributed by atoms with E-state index in [0.29, 0.717) is 11.5 Å². The molecular formula is C14H18BrNO2. The van der Waals surface area contributed by atoms with Crippen molar-refractivity contribution in [1.82, 2.24) is 0 Å². The molecule has 18 heavy (non-hydrogen) atoms. The molecule has 2 rings (SSSR count). The minimum absolute atomic E-state index is 0.274. The molecule has 0 aliphatic carbocycles. The van der Waals surface area contributed by atoms with Gasteiger partial charge in [0.1, 0.15) is 0 Å². The highest BCUT2D eigenvalue weighted by Crippen LogP contribution is 2.29. The number of nitrogens with zero attached hydrogens (tertiary/aromatic N) is 1. The SMILES string of the molecule is COC(=O)c1cc(Br)ccc1N1CCCC(C)C1. The van der Waals surface area contributed by atoms with Crippen molar-refractivity contribution in [1.29, 1.82) is 0 Å². The number of hydrogen-bond acceptors (Lipinski definition) is 3. The van der Waals surface area contributed by atoms with Crippen LogP contribution in [-0.4, -0.2) is 26.2 Å². The molecule has 1 aliphatic rings. The van der Waals surface area contributed by atoms with Crippen LogP contribution in [0.5, 0.6) is 0 Å². The summed E-state index contributed by atoms with van der Waals surface area (Å²) in [6.07, 6.45) is 2.44. The highest BCUT2D eigenvalue weighted by molar-refractivity contribution is 9.10. The smallest absolute Gasteiger partial charge is 0.340 e. The van der Waals surface area contributed by atoms with Crippen molar-refractivity contribution < 1.29 is 9.53 Å². The van der Waals surface area contributed by atoms with Crippen LogP contribution in [-0.2, 0) is 4.74 Å². The van der Waals surface area contributed by atoms with Gasteiger partial charge in [0.15, 0.2) is 0 Å². The van der Waals surface area contributed by atoms with E-state index in [2.05, 4.69) is 27.8 Å². The van der Waals surface area contributed by atoms with Gasteiger partial charge in [0, 0.05) is 17.6 Å². The van der Waals surface area contributed by atoms with Crippen LogP contribution in [0, 0.1) is 5.92 Å². The number of esters is 1. The van der Waals surface area contributed by atoms with Crippen LogP contribution in [0.25, 0.3) is 0 Å². The Labute approximate surface area is 116 Å². The van der Waals surface area contributed by atoms with Gasteiger partial charge in [-0.1, -0.05) is 22.9 Å². The van der Waals surface area contributed by atoms with Crippen LogP contribution in [0.15, 0.2) is 22.7 Å². The molecule has 1 unspecified atom stereocenters. The Balaban J connectivity index is 2.34. The summed E-state index contributed by atoms with van der Waals surface area (Å²) in [6.45, 7) is 4.27. The zero-order valence-corrected chi connectivity index (χ0v) is 12.4. The lowest BCUT2D eigenvalue weighted by molar-refractivity contribution is 0.0601. The molecule has 1 heterocycles. The van der Waals surface area contributed by atoms with Gasteiger partial charge in [-0.3, -0.25) is 0 Å². The van der Waals surface area contributed by atoms with E-state index in [0.717, 1.165) is 23.2 Å². The normalized spacial score (nSPS) is 19.7. The number of halogens is 1. The maximum Gasteiger partial charge on any atom is 0.340 e. The van der Waals surface area contributed by atoms with Gasteiger partial charge in [0.05, 0.1) is 18.4 Å². The molecule has 1 aliphatic heterocycles. The van der Waals surface area contributed by atoms with E-state index in [-0.39, 0.29) is 5.97 Å². The predicted octanol–water partition coefficient (Wildman–Crippen LogP) is 3.47. The van der Waals surface area contributed by atoms with Gasteiger partial charge in [0.2, 0.25) is 0 Å². The van der Waals surface area contributed by atoms with E-state index in [9.17, 15) is 4.79 Å². The Morgan fingerprint density at radius 3 is 2.94 bits per heavy atom. The summed E-state index contributed by atoms with van der Waals surface area (Å²) < 4.78 is 5.76. The van der Waals surface area contributed by atoms with Gasteiger partial charge in [-0.25, -0.2) is 4.79 Å². The summed E-state index contributed by atoms with van der Waals surface area (Å²) in [5, 5.41) is 0. The Kier molecular flexibility index (Phi) is 4.27. The number of ether oxygens (including phenoxy) is 1. The molecule has 0 N–H and O–H groups in total. The lowest BCUT2D eigenvalue weighted by Gasteiger charge is -2.33. The molecule has 98 valence electrons. The van der Waals surface area contributed by atoms with Gasteiger partial charge in [-0.15, -0.1) is 0 Å². The van der Waals surface area contributed by atoms with E-state index >= 15 is 0 Å². The first-order valence-corrected chi connectivity index (χ1v) is 7.04. The third-order valence-electron chi connectivity index (χ3n) is 3.36. The standard InChI is InChI=1S/C14H18BrNO2/c1-10-4-3-7-16(9-10)13-6-5-11(15)8-12(13)14(17)18-2/h5-6,8,10H,3-4,7,9H2,1-2H3. The minimum Gasteiger partial charge on any atom is -0.465 e. The first-order valence-electron chi connectivity index (χ1n) is 6.24. The zero-order chi connectivity index (χ0) is 13.1. The number of rotatable bonds is 2. The molecule has 0 spiro atoms. The maximum absolute atomic E-state index is 11.8. The largest absolute Gasteiger partial charge is 0.465 e. The van der Waals surface area contributed by atoms with E-state index in [4.69, 9.17) is 4.74 Å². The first kappa shape index (κ1) is 13.4. The Morgan fingerprint density at radius 2 is 2.28 bits per heavy atom. The molecule has 0 radical (unpaired) electrons. The maximum atomic E-state index is 11.8. The van der Waals surface area contributed by atoms with Gasteiger partial charge in [-0.05, 0) is 37.0 Å². The second kappa shape index (κ2) is 5.74. The molecular weight excluding hydrogens is 294 g/mol. The summed E-state index contributed by atoms with van der Waals surface area (Å²) in [6, 6.07) is 5.80. The van der Waals surface area contributed by atoms with Crippen molar-refractivity contribution in [2.24, 2.45) is 5.92 Å². The van der Waals surface area contributed by atoms with E-state index in [1.165, 1.54) is 20.0 Å². The van der Waals surface area contributed by atoms with Crippen LogP contribution in [0.2, 0.25) is 0 Å². The summed E-state index contributed by atoms with van der Waals surface area (Å²) >= 11 is 3.40. The van der Waals surface area contributed by atoms with E-state index in [1.54, 1.807) is 0 Å². The third kappa shape index (κ3) is 2.86. The predicted molar refractivity (Wildman–Crippen MR) is 76.1 cm³/mol. The van der Waals surface area contributed by atoms with Crippen LogP contribution >= 0.6 is 15.9 Å². The zero-order valence-electron chi connectivity index (χ0n) is 10.8. The van der Waals surface area contributed by atoms with Gasteiger partial charge < -0.3 is 9.64 Å². The monoisotopic (exact) mass is 311 g/mol. The van der Waals surface area contributed by atoms with Crippen molar-refractivity contribution >= 4 is 27.6 Å². The summed E-state index contributed by atoms with van der Waals surface area (Å²) in [7, 11) is 1.42. The molecule has 0 amide bonds. The summed E-state index contributed by atoms with van der Waals surface area (Å²) in [5.41, 5.74) is 1.62.